The van der Waals surface area contributed by atoms with Gasteiger partial charge in [0.25, 0.3) is 0 Å². The molecule has 3 rings (SSSR count). The first kappa shape index (κ1) is 17.8. The summed E-state index contributed by atoms with van der Waals surface area (Å²) < 4.78 is 11.3. The summed E-state index contributed by atoms with van der Waals surface area (Å²) in [4.78, 5) is 12.0. The number of allylic oxidation sites excluding steroid dienone is 3. The average Bonchev–Trinajstić information content (AvgIpc) is 2.58. The van der Waals surface area contributed by atoms with E-state index in [1.807, 2.05) is 20.8 Å². The van der Waals surface area contributed by atoms with Crippen LogP contribution in [-0.2, 0) is 9.53 Å². The van der Waals surface area contributed by atoms with Crippen LogP contribution < -0.4 is 4.74 Å². The highest BCUT2D eigenvalue weighted by molar-refractivity contribution is 5.79. The third kappa shape index (κ3) is 4.75. The molecule has 25 heavy (non-hydrogen) atoms. The van der Waals surface area contributed by atoms with Gasteiger partial charge in [0.1, 0.15) is 18.0 Å². The Balaban J connectivity index is 1.70. The summed E-state index contributed by atoms with van der Waals surface area (Å²) in [6.07, 6.45) is 10.4. The standard InChI is InChI=1S/C22H28O3/c1-22(2,3)25-21(23)12-10-17-13-14-24-20-15-18(9-11-19(17)20)16-7-5-4-6-8-16/h7,9,11,13,15H,4-6,8,10,12,14H2,1-3H3. The maximum atomic E-state index is 12.0. The Hall–Kier alpha value is -2.03. The molecule has 1 heterocycles. The van der Waals surface area contributed by atoms with Crippen LogP contribution >= 0.6 is 0 Å². The first-order valence-corrected chi connectivity index (χ1v) is 9.30. The lowest BCUT2D eigenvalue weighted by molar-refractivity contribution is -0.154. The largest absolute Gasteiger partial charge is 0.489 e. The van der Waals surface area contributed by atoms with E-state index in [9.17, 15) is 4.79 Å². The van der Waals surface area contributed by atoms with Crippen LogP contribution in [0.2, 0.25) is 0 Å². The predicted molar refractivity (Wildman–Crippen MR) is 101 cm³/mol. The van der Waals surface area contributed by atoms with Crippen LogP contribution in [0.4, 0.5) is 0 Å². The van der Waals surface area contributed by atoms with Crippen LogP contribution in [0.3, 0.4) is 0 Å². The van der Waals surface area contributed by atoms with Crippen molar-refractivity contribution in [3.05, 3.63) is 41.5 Å². The van der Waals surface area contributed by atoms with E-state index in [1.54, 1.807) is 0 Å². The summed E-state index contributed by atoms with van der Waals surface area (Å²) in [6, 6.07) is 6.49. The minimum Gasteiger partial charge on any atom is -0.489 e. The van der Waals surface area contributed by atoms with Crippen molar-refractivity contribution >= 4 is 17.1 Å². The van der Waals surface area contributed by atoms with E-state index in [2.05, 4.69) is 30.4 Å². The number of carbonyl (C=O) groups excluding carboxylic acids is 1. The van der Waals surface area contributed by atoms with Gasteiger partial charge in [0, 0.05) is 12.0 Å². The smallest absolute Gasteiger partial charge is 0.306 e. The average molecular weight is 340 g/mol. The topological polar surface area (TPSA) is 35.5 Å². The van der Waals surface area contributed by atoms with Crippen molar-refractivity contribution in [2.75, 3.05) is 6.61 Å². The first-order valence-electron chi connectivity index (χ1n) is 9.30. The van der Waals surface area contributed by atoms with E-state index < -0.39 is 5.60 Å². The fraction of sp³-hybridized carbons (Fsp3) is 0.500. The predicted octanol–water partition coefficient (Wildman–Crippen LogP) is 5.54. The molecule has 134 valence electrons. The summed E-state index contributed by atoms with van der Waals surface area (Å²) in [5.74, 6) is 0.788. The van der Waals surface area contributed by atoms with Crippen molar-refractivity contribution < 1.29 is 14.3 Å². The molecule has 3 nitrogen and oxygen atoms in total. The van der Waals surface area contributed by atoms with Crippen LogP contribution in [0.25, 0.3) is 11.1 Å². The lowest BCUT2D eigenvalue weighted by Gasteiger charge is -2.22. The molecule has 0 radical (unpaired) electrons. The molecule has 0 spiro atoms. The Bertz CT molecular complexity index is 704. The second kappa shape index (κ2) is 7.47. The first-order chi connectivity index (χ1) is 11.9. The van der Waals surface area contributed by atoms with Gasteiger partial charge in [0.15, 0.2) is 0 Å². The fourth-order valence-electron chi connectivity index (χ4n) is 3.42. The van der Waals surface area contributed by atoms with Crippen LogP contribution in [0.5, 0.6) is 5.75 Å². The van der Waals surface area contributed by atoms with E-state index in [-0.39, 0.29) is 5.97 Å². The second-order valence-electron chi connectivity index (χ2n) is 7.81. The van der Waals surface area contributed by atoms with E-state index in [4.69, 9.17) is 9.47 Å². The van der Waals surface area contributed by atoms with Gasteiger partial charge in [0.2, 0.25) is 0 Å². The molecule has 1 aromatic carbocycles. The maximum absolute atomic E-state index is 12.0. The molecule has 0 saturated heterocycles. The number of hydrogen-bond donors (Lipinski definition) is 0. The zero-order valence-corrected chi connectivity index (χ0v) is 15.6. The molecule has 0 atom stereocenters. The van der Waals surface area contributed by atoms with Crippen molar-refractivity contribution in [3.63, 3.8) is 0 Å². The van der Waals surface area contributed by atoms with Gasteiger partial charge in [0.05, 0.1) is 0 Å². The Kier molecular flexibility index (Phi) is 5.31. The highest BCUT2D eigenvalue weighted by Gasteiger charge is 2.19. The molecule has 0 amide bonds. The van der Waals surface area contributed by atoms with Crippen molar-refractivity contribution in [2.24, 2.45) is 0 Å². The Morgan fingerprint density at radius 1 is 1.20 bits per heavy atom. The van der Waals surface area contributed by atoms with Gasteiger partial charge in [-0.2, -0.15) is 0 Å². The lowest BCUT2D eigenvalue weighted by atomic mass is 9.91. The van der Waals surface area contributed by atoms with E-state index >= 15 is 0 Å². The number of benzene rings is 1. The van der Waals surface area contributed by atoms with Gasteiger partial charge < -0.3 is 9.47 Å². The van der Waals surface area contributed by atoms with Crippen molar-refractivity contribution in [1.82, 2.24) is 0 Å². The molecule has 1 aliphatic carbocycles. The molecule has 0 aromatic heterocycles. The lowest BCUT2D eigenvalue weighted by Crippen LogP contribution is -2.23. The third-order valence-corrected chi connectivity index (χ3v) is 4.58. The molecule has 0 bridgehead atoms. The highest BCUT2D eigenvalue weighted by Crippen LogP contribution is 2.36. The van der Waals surface area contributed by atoms with E-state index in [0.717, 1.165) is 17.7 Å². The minimum atomic E-state index is -0.429. The number of hydrogen-bond acceptors (Lipinski definition) is 3. The Labute approximate surface area is 150 Å². The zero-order valence-electron chi connectivity index (χ0n) is 15.6. The summed E-state index contributed by atoms with van der Waals surface area (Å²) in [6.45, 7) is 6.26. The Morgan fingerprint density at radius 2 is 2.04 bits per heavy atom. The summed E-state index contributed by atoms with van der Waals surface area (Å²) in [7, 11) is 0. The Morgan fingerprint density at radius 3 is 2.76 bits per heavy atom. The number of ether oxygens (including phenoxy) is 2. The quantitative estimate of drug-likeness (QED) is 0.675. The van der Waals surface area contributed by atoms with Gasteiger partial charge in [-0.25, -0.2) is 0 Å². The van der Waals surface area contributed by atoms with E-state index in [1.165, 1.54) is 36.0 Å². The normalized spacial score (nSPS) is 17.1. The van der Waals surface area contributed by atoms with Crippen molar-refractivity contribution in [1.29, 1.82) is 0 Å². The van der Waals surface area contributed by atoms with Crippen LogP contribution in [0, 0.1) is 0 Å². The molecule has 2 aliphatic rings. The van der Waals surface area contributed by atoms with Gasteiger partial charge in [-0.3, -0.25) is 4.79 Å². The molecular formula is C22H28O3. The molecule has 0 unspecified atom stereocenters. The maximum Gasteiger partial charge on any atom is 0.306 e. The van der Waals surface area contributed by atoms with Crippen LogP contribution in [0.15, 0.2) is 30.4 Å². The highest BCUT2D eigenvalue weighted by atomic mass is 16.6. The number of rotatable bonds is 4. The molecule has 1 aliphatic heterocycles. The second-order valence-corrected chi connectivity index (χ2v) is 7.81. The van der Waals surface area contributed by atoms with Crippen molar-refractivity contribution in [2.45, 2.75) is 64.9 Å². The number of fused-ring (bicyclic) bond motifs is 1. The molecule has 3 heteroatoms. The molecular weight excluding hydrogens is 312 g/mol. The van der Waals surface area contributed by atoms with Gasteiger partial charge in [-0.1, -0.05) is 18.2 Å². The van der Waals surface area contributed by atoms with E-state index in [0.29, 0.717) is 19.4 Å². The number of carbonyl (C=O) groups is 1. The molecule has 0 fully saturated rings. The molecule has 0 saturated carbocycles. The third-order valence-electron chi connectivity index (χ3n) is 4.58. The molecule has 0 N–H and O–H groups in total. The fourth-order valence-corrected chi connectivity index (χ4v) is 3.42. The SMILES string of the molecule is CC(C)(C)OC(=O)CCC1=CCOc2cc(C3=CCCCC3)ccc21. The molecule has 1 aromatic rings. The van der Waals surface area contributed by atoms with Gasteiger partial charge in [-0.05, 0) is 81.7 Å². The summed E-state index contributed by atoms with van der Waals surface area (Å²) >= 11 is 0. The number of esters is 1. The minimum absolute atomic E-state index is 0.148. The van der Waals surface area contributed by atoms with Crippen LogP contribution in [-0.4, -0.2) is 18.2 Å². The zero-order chi connectivity index (χ0) is 17.9. The summed E-state index contributed by atoms with van der Waals surface area (Å²) in [5.41, 5.74) is 4.56. The van der Waals surface area contributed by atoms with Gasteiger partial charge >= 0.3 is 5.97 Å². The van der Waals surface area contributed by atoms with Gasteiger partial charge in [-0.15, -0.1) is 0 Å². The van der Waals surface area contributed by atoms with Crippen molar-refractivity contribution in [3.8, 4) is 5.75 Å². The van der Waals surface area contributed by atoms with Crippen LogP contribution in [0.1, 0.15) is 70.4 Å². The monoisotopic (exact) mass is 340 g/mol. The summed E-state index contributed by atoms with van der Waals surface area (Å²) in [5, 5.41) is 0.